The van der Waals surface area contributed by atoms with Crippen molar-refractivity contribution in [1.29, 1.82) is 0 Å². The van der Waals surface area contributed by atoms with E-state index in [1.165, 1.54) is 0 Å². The van der Waals surface area contributed by atoms with Gasteiger partial charge in [0.2, 0.25) is 11.8 Å². The summed E-state index contributed by atoms with van der Waals surface area (Å²) in [4.78, 5) is 27.4. The molecule has 1 N–H and O–H groups in total. The average Bonchev–Trinajstić information content (AvgIpc) is 2.64. The number of benzene rings is 2. The molecule has 0 saturated heterocycles. The first-order chi connectivity index (χ1) is 13.6. The maximum absolute atomic E-state index is 13.1. The topological polar surface area (TPSA) is 49.4 Å². The van der Waals surface area contributed by atoms with Crippen LogP contribution >= 0.6 is 23.2 Å². The van der Waals surface area contributed by atoms with Crippen molar-refractivity contribution in [2.45, 2.75) is 58.7 Å². The minimum atomic E-state index is -0.635. The van der Waals surface area contributed by atoms with Crippen LogP contribution in [0.4, 0.5) is 0 Å². The molecule has 0 bridgehead atoms. The van der Waals surface area contributed by atoms with Crippen LogP contribution in [-0.2, 0) is 22.6 Å². The number of halogens is 2. The van der Waals surface area contributed by atoms with Crippen LogP contribution in [0.5, 0.6) is 0 Å². The summed E-state index contributed by atoms with van der Waals surface area (Å²) in [6.07, 6.45) is 0.756. The number of amides is 2. The van der Waals surface area contributed by atoms with Gasteiger partial charge in [0.1, 0.15) is 6.04 Å². The lowest BCUT2D eigenvalue weighted by atomic mass is 10.1. The van der Waals surface area contributed by atoms with E-state index in [0.717, 1.165) is 11.1 Å². The van der Waals surface area contributed by atoms with Gasteiger partial charge in [-0.15, -0.1) is 0 Å². The molecule has 0 unspecified atom stereocenters. The van der Waals surface area contributed by atoms with E-state index in [4.69, 9.17) is 23.2 Å². The lowest BCUT2D eigenvalue weighted by molar-refractivity contribution is -0.141. The highest BCUT2D eigenvalue weighted by Crippen LogP contribution is 2.21. The van der Waals surface area contributed by atoms with E-state index in [1.807, 2.05) is 63.2 Å². The fourth-order valence-electron chi connectivity index (χ4n) is 2.95. The van der Waals surface area contributed by atoms with E-state index in [2.05, 4.69) is 5.32 Å². The highest BCUT2D eigenvalue weighted by molar-refractivity contribution is 6.31. The molecule has 4 nitrogen and oxygen atoms in total. The summed E-state index contributed by atoms with van der Waals surface area (Å²) in [6.45, 7) is 7.74. The molecule has 1 atom stereocenters. The normalized spacial score (nSPS) is 12.3. The Labute approximate surface area is 183 Å². The van der Waals surface area contributed by atoms with Crippen LogP contribution in [0.2, 0.25) is 10.0 Å². The van der Waals surface area contributed by atoms with Crippen molar-refractivity contribution in [2.24, 2.45) is 0 Å². The van der Waals surface area contributed by atoms with Crippen LogP contribution < -0.4 is 5.32 Å². The van der Waals surface area contributed by atoms with Crippen LogP contribution in [0.3, 0.4) is 0 Å². The number of hydrogen-bond acceptors (Lipinski definition) is 2. The molecule has 156 valence electrons. The van der Waals surface area contributed by atoms with Crippen LogP contribution in [0.15, 0.2) is 48.5 Å². The van der Waals surface area contributed by atoms with Crippen LogP contribution in [-0.4, -0.2) is 28.3 Å². The van der Waals surface area contributed by atoms with E-state index in [9.17, 15) is 9.59 Å². The molecular weight excluding hydrogens is 407 g/mol. The van der Waals surface area contributed by atoms with Gasteiger partial charge in [-0.1, -0.05) is 59.6 Å². The molecule has 0 spiro atoms. The summed E-state index contributed by atoms with van der Waals surface area (Å²) < 4.78 is 0. The van der Waals surface area contributed by atoms with Gasteiger partial charge in [0.05, 0.1) is 0 Å². The zero-order valence-electron chi connectivity index (χ0n) is 17.3. The fourth-order valence-corrected chi connectivity index (χ4v) is 3.38. The third-order valence-corrected chi connectivity index (χ3v) is 5.27. The first-order valence-corrected chi connectivity index (χ1v) is 10.4. The van der Waals surface area contributed by atoms with Crippen molar-refractivity contribution >= 4 is 35.0 Å². The highest BCUT2D eigenvalue weighted by Gasteiger charge is 2.28. The van der Waals surface area contributed by atoms with Crippen molar-refractivity contribution in [3.8, 4) is 0 Å². The number of carbonyl (C=O) groups excluding carboxylic acids is 2. The van der Waals surface area contributed by atoms with Crippen molar-refractivity contribution < 1.29 is 9.59 Å². The Morgan fingerprint density at radius 3 is 2.00 bits per heavy atom. The van der Waals surface area contributed by atoms with Crippen molar-refractivity contribution in [3.05, 3.63) is 69.7 Å². The molecule has 0 aliphatic rings. The number of nitrogens with zero attached hydrogens (tertiary/aromatic N) is 1. The minimum absolute atomic E-state index is 0.124. The van der Waals surface area contributed by atoms with Crippen LogP contribution in [0, 0.1) is 0 Å². The smallest absolute Gasteiger partial charge is 0.242 e. The first-order valence-electron chi connectivity index (χ1n) is 9.67. The lowest BCUT2D eigenvalue weighted by Gasteiger charge is -2.31. The van der Waals surface area contributed by atoms with Gasteiger partial charge in [0.25, 0.3) is 0 Å². The fraction of sp³-hybridized carbons (Fsp3) is 0.391. The summed E-state index contributed by atoms with van der Waals surface area (Å²) in [6, 6.07) is 14.2. The molecule has 0 aromatic heterocycles. The second-order valence-electron chi connectivity index (χ2n) is 8.12. The van der Waals surface area contributed by atoms with Crippen molar-refractivity contribution in [3.63, 3.8) is 0 Å². The Balaban J connectivity index is 2.20. The summed E-state index contributed by atoms with van der Waals surface area (Å²) >= 11 is 12.5. The Morgan fingerprint density at radius 1 is 0.966 bits per heavy atom. The SMILES string of the molecule is C[C@H](C(=O)NC(C)(C)C)N(Cc1ccccc1Cl)C(=O)CCc1ccccc1Cl. The number of rotatable bonds is 7. The van der Waals surface area contributed by atoms with Gasteiger partial charge in [0.15, 0.2) is 0 Å². The average molecular weight is 435 g/mol. The van der Waals surface area contributed by atoms with Crippen LogP contribution in [0.25, 0.3) is 0 Å². The van der Waals surface area contributed by atoms with Crippen molar-refractivity contribution in [1.82, 2.24) is 10.2 Å². The van der Waals surface area contributed by atoms with Gasteiger partial charge in [-0.25, -0.2) is 0 Å². The number of hydrogen-bond donors (Lipinski definition) is 1. The zero-order chi connectivity index (χ0) is 21.6. The molecule has 0 aliphatic carbocycles. The number of aryl methyl sites for hydroxylation is 1. The molecule has 0 heterocycles. The van der Waals surface area contributed by atoms with E-state index < -0.39 is 6.04 Å². The Morgan fingerprint density at radius 2 is 1.48 bits per heavy atom. The van der Waals surface area contributed by atoms with E-state index in [-0.39, 0.29) is 30.3 Å². The van der Waals surface area contributed by atoms with Crippen LogP contribution in [0.1, 0.15) is 45.2 Å². The summed E-state index contributed by atoms with van der Waals surface area (Å²) in [5.41, 5.74) is 1.32. The molecule has 0 radical (unpaired) electrons. The van der Waals surface area contributed by atoms with E-state index >= 15 is 0 Å². The predicted molar refractivity (Wildman–Crippen MR) is 119 cm³/mol. The maximum atomic E-state index is 13.1. The standard InChI is InChI=1S/C23H28Cl2N2O2/c1-16(22(29)26-23(2,3)4)27(15-18-10-6-8-12-20(18)25)21(28)14-13-17-9-5-7-11-19(17)24/h5-12,16H,13-15H2,1-4H3,(H,26,29)/t16-/m1/s1. The minimum Gasteiger partial charge on any atom is -0.350 e. The van der Waals surface area contributed by atoms with Gasteiger partial charge in [0, 0.05) is 28.5 Å². The largest absolute Gasteiger partial charge is 0.350 e. The quantitative estimate of drug-likeness (QED) is 0.645. The van der Waals surface area contributed by atoms with Gasteiger partial charge < -0.3 is 10.2 Å². The predicted octanol–water partition coefficient (Wildman–Crippen LogP) is 5.26. The molecule has 2 amide bonds. The van der Waals surface area contributed by atoms with E-state index in [1.54, 1.807) is 17.9 Å². The number of nitrogens with one attached hydrogen (secondary N) is 1. The molecule has 2 rings (SSSR count). The summed E-state index contributed by atoms with van der Waals surface area (Å²) in [7, 11) is 0. The van der Waals surface area contributed by atoms with Gasteiger partial charge in [-0.3, -0.25) is 9.59 Å². The molecule has 2 aromatic carbocycles. The zero-order valence-corrected chi connectivity index (χ0v) is 18.8. The monoisotopic (exact) mass is 434 g/mol. The molecule has 29 heavy (non-hydrogen) atoms. The second kappa shape index (κ2) is 10.1. The highest BCUT2D eigenvalue weighted by atomic mass is 35.5. The molecule has 0 fully saturated rings. The third kappa shape index (κ3) is 7.06. The Hall–Kier alpha value is -2.04. The van der Waals surface area contributed by atoms with Gasteiger partial charge >= 0.3 is 0 Å². The molecule has 2 aromatic rings. The van der Waals surface area contributed by atoms with E-state index in [0.29, 0.717) is 16.5 Å². The summed E-state index contributed by atoms with van der Waals surface area (Å²) in [5.74, 6) is -0.322. The first kappa shape index (κ1) is 23.2. The van der Waals surface area contributed by atoms with Crippen molar-refractivity contribution in [2.75, 3.05) is 0 Å². The van der Waals surface area contributed by atoms with Gasteiger partial charge in [-0.2, -0.15) is 0 Å². The number of carbonyl (C=O) groups is 2. The Kier molecular flexibility index (Phi) is 8.12. The Bertz CT molecular complexity index is 862. The lowest BCUT2D eigenvalue weighted by Crippen LogP contribution is -2.52. The second-order valence-corrected chi connectivity index (χ2v) is 8.93. The third-order valence-electron chi connectivity index (χ3n) is 4.53. The summed E-state index contributed by atoms with van der Waals surface area (Å²) in [5, 5.41) is 4.16. The maximum Gasteiger partial charge on any atom is 0.242 e. The van der Waals surface area contributed by atoms with Gasteiger partial charge in [-0.05, 0) is 57.4 Å². The molecule has 0 saturated carbocycles. The molecule has 6 heteroatoms. The molecular formula is C23H28Cl2N2O2. The molecule has 0 aliphatic heterocycles.